The van der Waals surface area contributed by atoms with Gasteiger partial charge in [-0.15, -0.1) is 0 Å². The summed E-state index contributed by atoms with van der Waals surface area (Å²) in [5.74, 6) is 0.590. The first-order valence-electron chi connectivity index (χ1n) is 10.8. The molecule has 0 amide bonds. The Morgan fingerprint density at radius 1 is 0.786 bits per heavy atom. The number of hydrogen-bond acceptors (Lipinski definition) is 3. The number of aromatic hydroxyl groups is 2. The first kappa shape index (κ1) is 19.0. The van der Waals surface area contributed by atoms with Crippen LogP contribution < -0.4 is 0 Å². The van der Waals surface area contributed by atoms with E-state index < -0.39 is 0 Å². The van der Waals surface area contributed by atoms with Gasteiger partial charge in [-0.2, -0.15) is 0 Å². The molecular formula is C25H30O3. The molecule has 3 heteroatoms. The van der Waals surface area contributed by atoms with E-state index in [0.29, 0.717) is 22.6 Å². The standard InChI is InChI=1S/C25H30O3/c26-22-15-14-21(25(28)23(22)18-10-5-2-6-11-18)24(27)20-13-7-12-19(16-20)17-8-3-1-4-9-17/h7,12-18,26,28H,1-6,8-11H2. The molecule has 0 saturated heterocycles. The number of rotatable bonds is 4. The molecule has 148 valence electrons. The van der Waals surface area contributed by atoms with Crippen LogP contribution in [0.3, 0.4) is 0 Å². The zero-order valence-electron chi connectivity index (χ0n) is 16.5. The molecule has 0 unspecified atom stereocenters. The highest BCUT2D eigenvalue weighted by Crippen LogP contribution is 2.44. The molecule has 2 fully saturated rings. The van der Waals surface area contributed by atoms with Crippen molar-refractivity contribution in [3.63, 3.8) is 0 Å². The summed E-state index contributed by atoms with van der Waals surface area (Å²) >= 11 is 0. The van der Waals surface area contributed by atoms with Crippen molar-refractivity contribution in [2.75, 3.05) is 0 Å². The normalized spacial score (nSPS) is 18.9. The summed E-state index contributed by atoms with van der Waals surface area (Å²) in [6, 6.07) is 11.0. The van der Waals surface area contributed by atoms with Gasteiger partial charge in [-0.1, -0.05) is 56.7 Å². The Morgan fingerprint density at radius 2 is 1.43 bits per heavy atom. The fourth-order valence-electron chi connectivity index (χ4n) is 5.10. The van der Waals surface area contributed by atoms with Crippen LogP contribution in [0, 0.1) is 0 Å². The molecule has 0 heterocycles. The number of hydrogen-bond donors (Lipinski definition) is 2. The minimum Gasteiger partial charge on any atom is -0.508 e. The molecule has 0 spiro atoms. The van der Waals surface area contributed by atoms with Crippen LogP contribution in [0.2, 0.25) is 0 Å². The second-order valence-corrected chi connectivity index (χ2v) is 8.52. The first-order chi connectivity index (χ1) is 13.6. The number of ketones is 1. The van der Waals surface area contributed by atoms with E-state index in [1.807, 2.05) is 18.2 Å². The van der Waals surface area contributed by atoms with E-state index in [-0.39, 0.29) is 23.2 Å². The van der Waals surface area contributed by atoms with Gasteiger partial charge in [0.15, 0.2) is 5.78 Å². The Morgan fingerprint density at radius 3 is 2.11 bits per heavy atom. The Hall–Kier alpha value is -2.29. The lowest BCUT2D eigenvalue weighted by Crippen LogP contribution is -2.09. The minimum atomic E-state index is -0.160. The molecule has 2 aliphatic rings. The third-order valence-corrected chi connectivity index (χ3v) is 6.68. The van der Waals surface area contributed by atoms with Crippen molar-refractivity contribution < 1.29 is 15.0 Å². The molecule has 0 aliphatic heterocycles. The summed E-state index contributed by atoms with van der Waals surface area (Å²) in [4.78, 5) is 13.2. The van der Waals surface area contributed by atoms with Crippen molar-refractivity contribution in [1.82, 2.24) is 0 Å². The van der Waals surface area contributed by atoms with Crippen molar-refractivity contribution in [2.24, 2.45) is 0 Å². The van der Waals surface area contributed by atoms with E-state index in [1.54, 1.807) is 12.1 Å². The van der Waals surface area contributed by atoms with E-state index in [4.69, 9.17) is 0 Å². The van der Waals surface area contributed by atoms with E-state index in [9.17, 15) is 15.0 Å². The van der Waals surface area contributed by atoms with Crippen LogP contribution in [-0.2, 0) is 0 Å². The Kier molecular flexibility index (Phi) is 5.70. The van der Waals surface area contributed by atoms with Gasteiger partial charge in [0.1, 0.15) is 11.5 Å². The lowest BCUT2D eigenvalue weighted by Gasteiger charge is -2.24. The zero-order valence-corrected chi connectivity index (χ0v) is 16.5. The van der Waals surface area contributed by atoms with Gasteiger partial charge < -0.3 is 10.2 Å². The Bertz CT molecular complexity index is 843. The lowest BCUT2D eigenvalue weighted by molar-refractivity contribution is 0.103. The Balaban J connectivity index is 1.65. The Labute approximate surface area is 167 Å². The lowest BCUT2D eigenvalue weighted by atomic mass is 9.81. The predicted octanol–water partition coefficient (Wildman–Crippen LogP) is 6.42. The molecule has 0 bridgehead atoms. The van der Waals surface area contributed by atoms with Gasteiger partial charge in [0.05, 0.1) is 5.56 Å². The fraction of sp³-hybridized carbons (Fsp3) is 0.480. The quantitative estimate of drug-likeness (QED) is 0.603. The van der Waals surface area contributed by atoms with Crippen molar-refractivity contribution in [3.8, 4) is 11.5 Å². The third-order valence-electron chi connectivity index (χ3n) is 6.68. The average molecular weight is 379 g/mol. The molecular weight excluding hydrogens is 348 g/mol. The van der Waals surface area contributed by atoms with E-state index in [0.717, 1.165) is 25.7 Å². The predicted molar refractivity (Wildman–Crippen MR) is 111 cm³/mol. The summed E-state index contributed by atoms with van der Waals surface area (Å²) in [5, 5.41) is 21.3. The molecule has 28 heavy (non-hydrogen) atoms. The molecule has 2 N–H and O–H groups in total. The van der Waals surface area contributed by atoms with Crippen molar-refractivity contribution >= 4 is 5.78 Å². The monoisotopic (exact) mass is 378 g/mol. The second kappa shape index (κ2) is 8.38. The summed E-state index contributed by atoms with van der Waals surface area (Å²) in [6.07, 6.45) is 11.5. The smallest absolute Gasteiger partial charge is 0.196 e. The van der Waals surface area contributed by atoms with E-state index in [2.05, 4.69) is 6.07 Å². The molecule has 0 radical (unpaired) electrons. The number of phenols is 2. The van der Waals surface area contributed by atoms with Gasteiger partial charge in [-0.3, -0.25) is 4.79 Å². The highest BCUT2D eigenvalue weighted by molar-refractivity contribution is 6.11. The zero-order chi connectivity index (χ0) is 19.5. The maximum absolute atomic E-state index is 13.2. The van der Waals surface area contributed by atoms with Gasteiger partial charge in [0.2, 0.25) is 0 Å². The number of carbonyl (C=O) groups is 1. The highest BCUT2D eigenvalue weighted by Gasteiger charge is 2.26. The van der Waals surface area contributed by atoms with Crippen LogP contribution in [0.5, 0.6) is 11.5 Å². The largest absolute Gasteiger partial charge is 0.508 e. The van der Waals surface area contributed by atoms with Crippen LogP contribution in [0.4, 0.5) is 0 Å². The van der Waals surface area contributed by atoms with Crippen molar-refractivity contribution in [3.05, 3.63) is 58.7 Å². The van der Waals surface area contributed by atoms with Crippen LogP contribution in [0.25, 0.3) is 0 Å². The maximum atomic E-state index is 13.2. The maximum Gasteiger partial charge on any atom is 0.196 e. The van der Waals surface area contributed by atoms with Crippen LogP contribution in [0.1, 0.15) is 103 Å². The van der Waals surface area contributed by atoms with Gasteiger partial charge in [0.25, 0.3) is 0 Å². The van der Waals surface area contributed by atoms with Crippen molar-refractivity contribution in [1.29, 1.82) is 0 Å². The molecule has 3 nitrogen and oxygen atoms in total. The molecule has 2 saturated carbocycles. The molecule has 2 aromatic rings. The van der Waals surface area contributed by atoms with E-state index in [1.165, 1.54) is 44.1 Å². The highest BCUT2D eigenvalue weighted by atomic mass is 16.3. The second-order valence-electron chi connectivity index (χ2n) is 8.52. The van der Waals surface area contributed by atoms with Crippen molar-refractivity contribution in [2.45, 2.75) is 76.0 Å². The average Bonchev–Trinajstić information content (AvgIpc) is 2.75. The van der Waals surface area contributed by atoms with Crippen LogP contribution >= 0.6 is 0 Å². The summed E-state index contributed by atoms with van der Waals surface area (Å²) in [6.45, 7) is 0. The molecule has 0 aromatic heterocycles. The third kappa shape index (κ3) is 3.80. The van der Waals surface area contributed by atoms with Gasteiger partial charge in [0, 0.05) is 11.1 Å². The molecule has 2 aromatic carbocycles. The number of benzene rings is 2. The first-order valence-corrected chi connectivity index (χ1v) is 10.8. The topological polar surface area (TPSA) is 57.5 Å². The van der Waals surface area contributed by atoms with Gasteiger partial charge in [-0.05, 0) is 61.3 Å². The molecule has 4 rings (SSSR count). The molecule has 2 aliphatic carbocycles. The SMILES string of the molecule is O=C(c1cccc(C2CCCCC2)c1)c1ccc(O)c(C2CCCCC2)c1O. The van der Waals surface area contributed by atoms with E-state index >= 15 is 0 Å². The number of carbonyl (C=O) groups excluding carboxylic acids is 1. The fourth-order valence-corrected chi connectivity index (χ4v) is 5.10. The van der Waals surface area contributed by atoms with Crippen LogP contribution in [0.15, 0.2) is 36.4 Å². The van der Waals surface area contributed by atoms with Gasteiger partial charge >= 0.3 is 0 Å². The van der Waals surface area contributed by atoms with Crippen LogP contribution in [-0.4, -0.2) is 16.0 Å². The number of phenolic OH excluding ortho intramolecular Hbond substituents is 2. The van der Waals surface area contributed by atoms with Gasteiger partial charge in [-0.25, -0.2) is 0 Å². The minimum absolute atomic E-state index is 0.0278. The molecule has 0 atom stereocenters. The summed E-state index contributed by atoms with van der Waals surface area (Å²) < 4.78 is 0. The summed E-state index contributed by atoms with van der Waals surface area (Å²) in [5.41, 5.74) is 2.73. The summed E-state index contributed by atoms with van der Waals surface area (Å²) in [7, 11) is 0.